The number of nitrogens with one attached hydrogen (secondary N) is 1. The molecule has 4 aromatic rings. The number of fused-ring (bicyclic) bond motifs is 1. The second kappa shape index (κ2) is 7.58. The molecule has 0 fully saturated rings. The molecule has 0 aliphatic carbocycles. The number of carbonyl (C=O) groups excluding carboxylic acids is 1. The molecule has 0 atom stereocenters. The molecule has 7 nitrogen and oxygen atoms in total. The van der Waals surface area contributed by atoms with Gasteiger partial charge in [-0.25, -0.2) is 9.37 Å². The second-order valence-corrected chi connectivity index (χ2v) is 6.33. The third-order valence-corrected chi connectivity index (χ3v) is 4.24. The summed E-state index contributed by atoms with van der Waals surface area (Å²) < 4.78 is 58.8. The first kappa shape index (κ1) is 19.6. The molecule has 4 rings (SSSR count). The number of aromatic nitrogens is 4. The molecule has 0 aliphatic rings. The summed E-state index contributed by atoms with van der Waals surface area (Å²) in [4.78, 5) is 19.7. The maximum atomic E-state index is 13.4. The Morgan fingerprint density at radius 2 is 1.80 bits per heavy atom. The topological polar surface area (TPSA) is 85.8 Å². The number of amides is 1. The molecule has 0 saturated heterocycles. The van der Waals surface area contributed by atoms with E-state index < -0.39 is 29.6 Å². The van der Waals surface area contributed by atoms with Gasteiger partial charge < -0.3 is 14.4 Å². The summed E-state index contributed by atoms with van der Waals surface area (Å²) in [5.74, 6) is -2.72. The molecular formula is C19H13F4N5O2. The van der Waals surface area contributed by atoms with Gasteiger partial charge in [0.1, 0.15) is 5.82 Å². The van der Waals surface area contributed by atoms with Crippen LogP contribution in [0.15, 0.2) is 53.1 Å². The Morgan fingerprint density at radius 3 is 2.53 bits per heavy atom. The quantitative estimate of drug-likeness (QED) is 0.500. The van der Waals surface area contributed by atoms with Crippen molar-refractivity contribution < 1.29 is 26.9 Å². The molecule has 2 aromatic heterocycles. The molecule has 0 bridgehead atoms. The number of para-hydroxylation sites is 2. The lowest BCUT2D eigenvalue weighted by Crippen LogP contribution is -2.23. The van der Waals surface area contributed by atoms with Gasteiger partial charge >= 0.3 is 18.0 Å². The Hall–Kier alpha value is -3.76. The summed E-state index contributed by atoms with van der Waals surface area (Å²) in [6, 6.07) is 11.6. The lowest BCUT2D eigenvalue weighted by atomic mass is 10.2. The zero-order valence-electron chi connectivity index (χ0n) is 15.2. The first-order valence-corrected chi connectivity index (χ1v) is 8.69. The van der Waals surface area contributed by atoms with E-state index in [1.54, 1.807) is 12.1 Å². The Kier molecular flexibility index (Phi) is 4.94. The fraction of sp³-hybridized carbons (Fsp3) is 0.158. The van der Waals surface area contributed by atoms with Crippen molar-refractivity contribution in [2.24, 2.45) is 0 Å². The highest BCUT2D eigenvalue weighted by Gasteiger charge is 2.38. The van der Waals surface area contributed by atoms with Crippen molar-refractivity contribution >= 4 is 16.9 Å². The van der Waals surface area contributed by atoms with Crippen LogP contribution in [0, 0.1) is 5.82 Å². The van der Waals surface area contributed by atoms with Gasteiger partial charge in [0.05, 0.1) is 17.6 Å². The van der Waals surface area contributed by atoms with Crippen LogP contribution in [0.4, 0.5) is 17.6 Å². The summed E-state index contributed by atoms with van der Waals surface area (Å²) in [5.41, 5.74) is 1.06. The summed E-state index contributed by atoms with van der Waals surface area (Å²) in [6.45, 7) is -0.300. The third-order valence-electron chi connectivity index (χ3n) is 4.24. The van der Waals surface area contributed by atoms with Crippen LogP contribution in [0.2, 0.25) is 0 Å². The fourth-order valence-electron chi connectivity index (χ4n) is 2.86. The Bertz CT molecular complexity index is 1200. The lowest BCUT2D eigenvalue weighted by Gasteiger charge is -2.09. The van der Waals surface area contributed by atoms with E-state index in [0.29, 0.717) is 5.56 Å². The van der Waals surface area contributed by atoms with E-state index in [1.807, 2.05) is 0 Å². The van der Waals surface area contributed by atoms with Gasteiger partial charge in [-0.05, 0) is 29.8 Å². The first-order chi connectivity index (χ1) is 14.3. The van der Waals surface area contributed by atoms with Gasteiger partial charge in [0, 0.05) is 6.54 Å². The summed E-state index contributed by atoms with van der Waals surface area (Å²) in [6.07, 6.45) is -4.68. The van der Waals surface area contributed by atoms with Crippen LogP contribution in [0.5, 0.6) is 0 Å². The van der Waals surface area contributed by atoms with E-state index in [2.05, 4.69) is 20.4 Å². The molecule has 0 aliphatic heterocycles. The number of carbonyl (C=O) groups is 1. The molecule has 2 heterocycles. The second-order valence-electron chi connectivity index (χ2n) is 6.33. The van der Waals surface area contributed by atoms with Crippen LogP contribution in [-0.4, -0.2) is 25.6 Å². The van der Waals surface area contributed by atoms with Gasteiger partial charge in [-0.1, -0.05) is 29.4 Å². The highest BCUT2D eigenvalue weighted by Crippen LogP contribution is 2.31. The minimum atomic E-state index is -4.68. The lowest BCUT2D eigenvalue weighted by molar-refractivity contribution is -0.146. The Balaban J connectivity index is 1.52. The minimum Gasteiger partial charge on any atom is -0.344 e. The molecule has 154 valence electrons. The highest BCUT2D eigenvalue weighted by atomic mass is 19.4. The van der Waals surface area contributed by atoms with Gasteiger partial charge in [0.25, 0.3) is 0 Å². The smallest absolute Gasteiger partial charge is 0.344 e. The summed E-state index contributed by atoms with van der Waals surface area (Å²) >= 11 is 0. The van der Waals surface area contributed by atoms with Crippen molar-refractivity contribution in [1.82, 2.24) is 25.0 Å². The van der Waals surface area contributed by atoms with Crippen molar-refractivity contribution in [3.05, 3.63) is 77.5 Å². The van der Waals surface area contributed by atoms with Crippen LogP contribution in [-0.2, 0) is 19.3 Å². The SMILES string of the molecule is O=C(NCc1ccc(F)cc1)c1nc(Cn2c(C(F)(F)F)nc3ccccc32)no1. The molecule has 30 heavy (non-hydrogen) atoms. The Labute approximate surface area is 166 Å². The average molecular weight is 419 g/mol. The number of rotatable bonds is 5. The van der Waals surface area contributed by atoms with Gasteiger partial charge in [0.15, 0.2) is 5.82 Å². The van der Waals surface area contributed by atoms with E-state index in [1.165, 1.54) is 36.4 Å². The van der Waals surface area contributed by atoms with Crippen LogP contribution < -0.4 is 5.32 Å². The average Bonchev–Trinajstić information content (AvgIpc) is 3.33. The van der Waals surface area contributed by atoms with Crippen LogP contribution in [0.3, 0.4) is 0 Å². The minimum absolute atomic E-state index is 0.0845. The monoisotopic (exact) mass is 419 g/mol. The zero-order valence-corrected chi connectivity index (χ0v) is 15.2. The highest BCUT2D eigenvalue weighted by molar-refractivity contribution is 5.89. The molecule has 0 radical (unpaired) electrons. The third kappa shape index (κ3) is 4.00. The number of hydrogen-bond donors (Lipinski definition) is 1. The van der Waals surface area contributed by atoms with Crippen LogP contribution in [0.25, 0.3) is 11.0 Å². The van der Waals surface area contributed by atoms with Gasteiger partial charge in [-0.2, -0.15) is 18.2 Å². The van der Waals surface area contributed by atoms with E-state index in [9.17, 15) is 22.4 Å². The fourth-order valence-corrected chi connectivity index (χ4v) is 2.86. The summed E-state index contributed by atoms with van der Waals surface area (Å²) in [5, 5.41) is 6.11. The number of nitrogens with zero attached hydrogens (tertiary/aromatic N) is 4. The molecule has 0 spiro atoms. The number of benzene rings is 2. The molecular weight excluding hydrogens is 406 g/mol. The normalized spacial score (nSPS) is 11.7. The van der Waals surface area contributed by atoms with Gasteiger partial charge in [0.2, 0.25) is 5.82 Å². The predicted molar refractivity (Wildman–Crippen MR) is 95.7 cm³/mol. The van der Waals surface area contributed by atoms with Crippen molar-refractivity contribution in [2.45, 2.75) is 19.3 Å². The largest absolute Gasteiger partial charge is 0.449 e. The molecule has 0 unspecified atom stereocenters. The number of alkyl halides is 3. The van der Waals surface area contributed by atoms with E-state index >= 15 is 0 Å². The van der Waals surface area contributed by atoms with Crippen molar-refractivity contribution in [2.75, 3.05) is 0 Å². The van der Waals surface area contributed by atoms with Crippen molar-refractivity contribution in [1.29, 1.82) is 0 Å². The zero-order chi connectivity index (χ0) is 21.3. The maximum Gasteiger partial charge on any atom is 0.449 e. The molecule has 2 aromatic carbocycles. The van der Waals surface area contributed by atoms with Crippen LogP contribution >= 0.6 is 0 Å². The van der Waals surface area contributed by atoms with E-state index in [0.717, 1.165) is 4.57 Å². The predicted octanol–water partition coefficient (Wildman–Crippen LogP) is 3.56. The number of imidazole rings is 1. The molecule has 1 N–H and O–H groups in total. The van der Waals surface area contributed by atoms with Gasteiger partial charge in [-0.15, -0.1) is 0 Å². The molecule has 1 amide bonds. The van der Waals surface area contributed by atoms with Gasteiger partial charge in [-0.3, -0.25) is 4.79 Å². The summed E-state index contributed by atoms with van der Waals surface area (Å²) in [7, 11) is 0. The van der Waals surface area contributed by atoms with E-state index in [-0.39, 0.29) is 29.9 Å². The first-order valence-electron chi connectivity index (χ1n) is 8.69. The molecule has 0 saturated carbocycles. The van der Waals surface area contributed by atoms with Crippen molar-refractivity contribution in [3.63, 3.8) is 0 Å². The van der Waals surface area contributed by atoms with Crippen molar-refractivity contribution in [3.8, 4) is 0 Å². The van der Waals surface area contributed by atoms with Crippen LogP contribution in [0.1, 0.15) is 27.9 Å². The number of hydrogen-bond acceptors (Lipinski definition) is 5. The molecule has 11 heteroatoms. The standard InChI is InChI=1S/C19H13F4N5O2/c20-12-7-5-11(6-8-12)9-24-16(29)17-26-15(27-30-17)10-28-14-4-2-1-3-13(14)25-18(28)19(21,22)23/h1-8H,9-10H2,(H,24,29). The Morgan fingerprint density at radius 1 is 1.07 bits per heavy atom. The van der Waals surface area contributed by atoms with E-state index in [4.69, 9.17) is 4.52 Å². The maximum absolute atomic E-state index is 13.4. The number of halogens is 4.